The van der Waals surface area contributed by atoms with Gasteiger partial charge in [-0.2, -0.15) is 0 Å². The number of sulfonamides is 1. The van der Waals surface area contributed by atoms with Gasteiger partial charge in [-0.25, -0.2) is 12.7 Å². The minimum absolute atomic E-state index is 0.0609. The zero-order chi connectivity index (χ0) is 20.3. The first-order valence-electron chi connectivity index (χ1n) is 8.75. The number of morpholine rings is 1. The van der Waals surface area contributed by atoms with Crippen molar-refractivity contribution in [3.8, 4) is 0 Å². The van der Waals surface area contributed by atoms with Gasteiger partial charge in [0.2, 0.25) is 10.0 Å². The number of hydrogen-bond acceptors (Lipinski definition) is 5. The second-order valence-corrected chi connectivity index (χ2v) is 9.12. The molecule has 0 spiro atoms. The SMILES string of the molecule is CN(C)S(=O)(=O)c1ccc(N2CCOCC2)c(C(=O)Nc2cccc(Cl)c2)c1. The van der Waals surface area contributed by atoms with E-state index in [4.69, 9.17) is 16.3 Å². The summed E-state index contributed by atoms with van der Waals surface area (Å²) in [6.07, 6.45) is 0. The summed E-state index contributed by atoms with van der Waals surface area (Å²) in [5.74, 6) is -0.403. The van der Waals surface area contributed by atoms with Crippen LogP contribution in [0.25, 0.3) is 0 Å². The zero-order valence-electron chi connectivity index (χ0n) is 15.7. The number of rotatable bonds is 5. The number of carbonyl (C=O) groups excluding carboxylic acids is 1. The van der Waals surface area contributed by atoms with Gasteiger partial charge < -0.3 is 15.0 Å². The van der Waals surface area contributed by atoms with E-state index in [0.29, 0.717) is 42.7 Å². The van der Waals surface area contributed by atoms with E-state index in [-0.39, 0.29) is 10.5 Å². The van der Waals surface area contributed by atoms with Crippen LogP contribution in [0.2, 0.25) is 5.02 Å². The van der Waals surface area contributed by atoms with E-state index in [0.717, 1.165) is 4.31 Å². The second kappa shape index (κ2) is 8.48. The third-order valence-corrected chi connectivity index (χ3v) is 6.47. The molecule has 1 aliphatic rings. The highest BCUT2D eigenvalue weighted by atomic mass is 35.5. The molecule has 2 aromatic rings. The number of amides is 1. The highest BCUT2D eigenvalue weighted by Gasteiger charge is 2.24. The van der Waals surface area contributed by atoms with Crippen LogP contribution in [0.4, 0.5) is 11.4 Å². The lowest BCUT2D eigenvalue weighted by Gasteiger charge is -2.30. The van der Waals surface area contributed by atoms with Gasteiger partial charge in [-0.05, 0) is 36.4 Å². The first kappa shape index (κ1) is 20.6. The van der Waals surface area contributed by atoms with Crippen LogP contribution in [-0.2, 0) is 14.8 Å². The van der Waals surface area contributed by atoms with Gasteiger partial charge in [-0.15, -0.1) is 0 Å². The molecule has 0 saturated carbocycles. The van der Waals surface area contributed by atoms with E-state index >= 15 is 0 Å². The van der Waals surface area contributed by atoms with Crippen LogP contribution in [0.5, 0.6) is 0 Å². The zero-order valence-corrected chi connectivity index (χ0v) is 17.3. The van der Waals surface area contributed by atoms with Gasteiger partial charge in [-0.3, -0.25) is 4.79 Å². The Hall–Kier alpha value is -2.13. The maximum absolute atomic E-state index is 13.0. The summed E-state index contributed by atoms with van der Waals surface area (Å²) in [4.78, 5) is 15.1. The molecule has 2 aromatic carbocycles. The number of ether oxygens (including phenoxy) is 1. The average molecular weight is 424 g/mol. The van der Waals surface area contributed by atoms with E-state index < -0.39 is 15.9 Å². The molecule has 1 N–H and O–H groups in total. The molecule has 0 bridgehead atoms. The molecule has 0 aliphatic carbocycles. The second-order valence-electron chi connectivity index (χ2n) is 6.53. The predicted octanol–water partition coefficient (Wildman–Crippen LogP) is 2.68. The Morgan fingerprint density at radius 1 is 1.14 bits per heavy atom. The Morgan fingerprint density at radius 2 is 1.86 bits per heavy atom. The molecule has 1 amide bonds. The van der Waals surface area contributed by atoms with Crippen molar-refractivity contribution in [1.82, 2.24) is 4.31 Å². The molecule has 9 heteroatoms. The van der Waals surface area contributed by atoms with Gasteiger partial charge in [0.05, 0.1) is 23.7 Å². The van der Waals surface area contributed by atoms with Gasteiger partial charge in [-0.1, -0.05) is 17.7 Å². The van der Waals surface area contributed by atoms with Crippen molar-refractivity contribution < 1.29 is 17.9 Å². The first-order chi connectivity index (χ1) is 13.3. The fraction of sp³-hybridized carbons (Fsp3) is 0.316. The third kappa shape index (κ3) is 4.47. The molecule has 1 saturated heterocycles. The van der Waals surface area contributed by atoms with Crippen LogP contribution < -0.4 is 10.2 Å². The Kier molecular flexibility index (Phi) is 6.24. The maximum Gasteiger partial charge on any atom is 0.257 e. The molecule has 0 unspecified atom stereocenters. The Morgan fingerprint density at radius 3 is 2.50 bits per heavy atom. The van der Waals surface area contributed by atoms with E-state index in [2.05, 4.69) is 5.32 Å². The molecular formula is C19H22ClN3O4S. The summed E-state index contributed by atoms with van der Waals surface area (Å²) in [6, 6.07) is 11.4. The number of nitrogens with one attached hydrogen (secondary N) is 1. The highest BCUT2D eigenvalue weighted by molar-refractivity contribution is 7.89. The minimum atomic E-state index is -3.67. The van der Waals surface area contributed by atoms with E-state index in [1.54, 1.807) is 30.3 Å². The van der Waals surface area contributed by atoms with Gasteiger partial charge in [0, 0.05) is 43.6 Å². The standard InChI is InChI=1S/C19H22ClN3O4S/c1-22(2)28(25,26)16-6-7-18(23-8-10-27-11-9-23)17(13-16)19(24)21-15-5-3-4-14(20)12-15/h3-7,12-13H,8-11H2,1-2H3,(H,21,24). The first-order valence-corrected chi connectivity index (χ1v) is 10.6. The Labute approximate surface area is 169 Å². The smallest absolute Gasteiger partial charge is 0.257 e. The van der Waals surface area contributed by atoms with Gasteiger partial charge in [0.15, 0.2) is 0 Å². The Balaban J connectivity index is 2.02. The maximum atomic E-state index is 13.0. The molecule has 150 valence electrons. The average Bonchev–Trinajstić information content (AvgIpc) is 2.68. The summed E-state index contributed by atoms with van der Waals surface area (Å²) in [7, 11) is -0.760. The molecule has 0 radical (unpaired) electrons. The van der Waals surface area contributed by atoms with Crippen molar-refractivity contribution in [2.75, 3.05) is 50.6 Å². The number of nitrogens with zero attached hydrogens (tertiary/aromatic N) is 2. The van der Waals surface area contributed by atoms with Crippen LogP contribution in [-0.4, -0.2) is 59.0 Å². The lowest BCUT2D eigenvalue weighted by Crippen LogP contribution is -2.37. The predicted molar refractivity (Wildman–Crippen MR) is 110 cm³/mol. The molecule has 0 atom stereocenters. The van der Waals surface area contributed by atoms with Crippen molar-refractivity contribution in [1.29, 1.82) is 0 Å². The normalized spacial score (nSPS) is 14.9. The molecule has 1 aliphatic heterocycles. The van der Waals surface area contributed by atoms with E-state index in [1.807, 2.05) is 4.90 Å². The molecular weight excluding hydrogens is 402 g/mol. The number of carbonyl (C=O) groups is 1. The topological polar surface area (TPSA) is 79.0 Å². The monoisotopic (exact) mass is 423 g/mol. The quantitative estimate of drug-likeness (QED) is 0.799. The molecule has 1 heterocycles. The van der Waals surface area contributed by atoms with Crippen LogP contribution in [0.1, 0.15) is 10.4 Å². The molecule has 3 rings (SSSR count). The molecule has 0 aromatic heterocycles. The molecule has 1 fully saturated rings. The van der Waals surface area contributed by atoms with Crippen LogP contribution in [0.15, 0.2) is 47.4 Å². The number of anilines is 2. The summed E-state index contributed by atoms with van der Waals surface area (Å²) in [5.41, 5.74) is 1.48. The largest absolute Gasteiger partial charge is 0.378 e. The lowest BCUT2D eigenvalue weighted by atomic mass is 10.1. The van der Waals surface area contributed by atoms with Crippen molar-refractivity contribution in [2.24, 2.45) is 0 Å². The molecule has 28 heavy (non-hydrogen) atoms. The highest BCUT2D eigenvalue weighted by Crippen LogP contribution is 2.27. The summed E-state index contributed by atoms with van der Waals surface area (Å²) in [5, 5.41) is 3.29. The van der Waals surface area contributed by atoms with Crippen molar-refractivity contribution in [3.05, 3.63) is 53.1 Å². The number of hydrogen-bond donors (Lipinski definition) is 1. The summed E-state index contributed by atoms with van der Waals surface area (Å²) in [6.45, 7) is 2.34. The molecule has 7 nitrogen and oxygen atoms in total. The minimum Gasteiger partial charge on any atom is -0.378 e. The van der Waals surface area contributed by atoms with Crippen LogP contribution >= 0.6 is 11.6 Å². The Bertz CT molecular complexity index is 973. The van der Waals surface area contributed by atoms with Crippen LogP contribution in [0.3, 0.4) is 0 Å². The number of benzene rings is 2. The fourth-order valence-electron chi connectivity index (χ4n) is 2.91. The van der Waals surface area contributed by atoms with Crippen molar-refractivity contribution in [3.63, 3.8) is 0 Å². The van der Waals surface area contributed by atoms with Gasteiger partial charge >= 0.3 is 0 Å². The summed E-state index contributed by atoms with van der Waals surface area (Å²) >= 11 is 5.99. The fourth-order valence-corrected chi connectivity index (χ4v) is 4.03. The van der Waals surface area contributed by atoms with Gasteiger partial charge in [0.1, 0.15) is 0 Å². The van der Waals surface area contributed by atoms with E-state index in [9.17, 15) is 13.2 Å². The van der Waals surface area contributed by atoms with Crippen LogP contribution in [0, 0.1) is 0 Å². The van der Waals surface area contributed by atoms with Crippen molar-refractivity contribution in [2.45, 2.75) is 4.90 Å². The lowest BCUT2D eigenvalue weighted by molar-refractivity contribution is 0.102. The van der Waals surface area contributed by atoms with Gasteiger partial charge in [0.25, 0.3) is 5.91 Å². The third-order valence-electron chi connectivity index (χ3n) is 4.43. The van der Waals surface area contributed by atoms with Crippen molar-refractivity contribution >= 4 is 38.9 Å². The number of halogens is 1. The van der Waals surface area contributed by atoms with E-state index in [1.165, 1.54) is 26.2 Å². The summed E-state index contributed by atoms with van der Waals surface area (Å²) < 4.78 is 31.6.